The number of hydrogen-bond donors (Lipinski definition) is 2. The van der Waals surface area contributed by atoms with Gasteiger partial charge in [-0.05, 0) is 55.0 Å². The largest absolute Gasteiger partial charge is 0.452 e. The molecule has 1 aliphatic heterocycles. The van der Waals surface area contributed by atoms with E-state index in [-0.39, 0.29) is 28.6 Å². The van der Waals surface area contributed by atoms with Gasteiger partial charge >= 0.3 is 5.97 Å². The lowest BCUT2D eigenvalue weighted by Gasteiger charge is -2.14. The molecule has 0 aliphatic carbocycles. The second kappa shape index (κ2) is 10.2. The number of nitrogens with zero attached hydrogens (tertiary/aromatic N) is 1. The van der Waals surface area contributed by atoms with Crippen molar-refractivity contribution < 1.29 is 28.7 Å². The van der Waals surface area contributed by atoms with E-state index in [4.69, 9.17) is 4.74 Å². The zero-order chi connectivity index (χ0) is 25.8. The van der Waals surface area contributed by atoms with E-state index in [1.165, 1.54) is 37.3 Å². The quantitative estimate of drug-likeness (QED) is 0.390. The number of anilines is 2. The van der Waals surface area contributed by atoms with Crippen LogP contribution in [0.5, 0.6) is 0 Å². The minimum absolute atomic E-state index is 0.0432. The number of esters is 1. The summed E-state index contributed by atoms with van der Waals surface area (Å²) >= 11 is 0. The predicted octanol–water partition coefficient (Wildman–Crippen LogP) is 3.48. The van der Waals surface area contributed by atoms with E-state index >= 15 is 0 Å². The van der Waals surface area contributed by atoms with Crippen molar-refractivity contribution in [3.8, 4) is 0 Å². The molecule has 4 rings (SSSR count). The highest BCUT2D eigenvalue weighted by Crippen LogP contribution is 2.30. The summed E-state index contributed by atoms with van der Waals surface area (Å²) in [6, 6.07) is 19.4. The molecule has 36 heavy (non-hydrogen) atoms. The zero-order valence-corrected chi connectivity index (χ0v) is 19.6. The summed E-state index contributed by atoms with van der Waals surface area (Å²) in [5, 5.41) is 5.36. The first-order chi connectivity index (χ1) is 17.2. The van der Waals surface area contributed by atoms with Crippen LogP contribution in [0, 0.1) is 0 Å². The molecule has 3 aromatic rings. The van der Waals surface area contributed by atoms with Gasteiger partial charge in [-0.2, -0.15) is 0 Å². The van der Waals surface area contributed by atoms with Gasteiger partial charge in [-0.3, -0.25) is 19.2 Å². The summed E-state index contributed by atoms with van der Waals surface area (Å²) < 4.78 is 5.11. The van der Waals surface area contributed by atoms with E-state index < -0.39 is 30.3 Å². The summed E-state index contributed by atoms with van der Waals surface area (Å²) in [7, 11) is 0. The van der Waals surface area contributed by atoms with Gasteiger partial charge in [-0.15, -0.1) is 0 Å². The molecular weight excluding hydrogens is 462 g/mol. The number of imide groups is 1. The van der Waals surface area contributed by atoms with Crippen molar-refractivity contribution >= 4 is 41.0 Å². The van der Waals surface area contributed by atoms with Crippen LogP contribution in [0.25, 0.3) is 0 Å². The van der Waals surface area contributed by atoms with Gasteiger partial charge in [-0.1, -0.05) is 30.3 Å². The van der Waals surface area contributed by atoms with E-state index in [9.17, 15) is 24.0 Å². The van der Waals surface area contributed by atoms with E-state index in [0.717, 1.165) is 10.5 Å². The lowest BCUT2D eigenvalue weighted by atomic mass is 10.1. The Morgan fingerprint density at radius 2 is 1.56 bits per heavy atom. The number of rotatable bonds is 7. The van der Waals surface area contributed by atoms with Crippen LogP contribution in [0.4, 0.5) is 11.4 Å². The Balaban J connectivity index is 1.41. The topological polar surface area (TPSA) is 122 Å². The van der Waals surface area contributed by atoms with Gasteiger partial charge in [0.05, 0.1) is 28.4 Å². The monoisotopic (exact) mass is 485 g/mol. The fraction of sp³-hybridized carbons (Fsp3) is 0.148. The Morgan fingerprint density at radius 1 is 0.889 bits per heavy atom. The minimum Gasteiger partial charge on any atom is -0.452 e. The Kier molecular flexibility index (Phi) is 6.91. The van der Waals surface area contributed by atoms with Crippen LogP contribution in [-0.4, -0.2) is 36.2 Å². The smallest absolute Gasteiger partial charge is 0.338 e. The number of hydrogen-bond acceptors (Lipinski definition) is 6. The third-order valence-electron chi connectivity index (χ3n) is 5.58. The van der Waals surface area contributed by atoms with Crippen molar-refractivity contribution in [1.82, 2.24) is 5.32 Å². The van der Waals surface area contributed by atoms with Crippen LogP contribution in [0.1, 0.15) is 56.5 Å². The molecule has 2 N–H and O–H groups in total. The number of carbonyl (C=O) groups is 5. The van der Waals surface area contributed by atoms with Crippen molar-refractivity contribution in [3.63, 3.8) is 0 Å². The molecule has 0 saturated heterocycles. The summed E-state index contributed by atoms with van der Waals surface area (Å²) in [4.78, 5) is 62.8. The maximum atomic E-state index is 13.0. The van der Waals surface area contributed by atoms with E-state index in [1.807, 2.05) is 37.3 Å². The second-order valence-corrected chi connectivity index (χ2v) is 8.21. The molecule has 1 atom stereocenters. The minimum atomic E-state index is -0.793. The maximum Gasteiger partial charge on any atom is 0.338 e. The fourth-order valence-electron chi connectivity index (χ4n) is 3.82. The van der Waals surface area contributed by atoms with Crippen LogP contribution in [-0.2, 0) is 14.3 Å². The lowest BCUT2D eigenvalue weighted by molar-refractivity contribution is -0.124. The molecule has 0 fully saturated rings. The molecule has 9 nitrogen and oxygen atoms in total. The first-order valence-electron chi connectivity index (χ1n) is 11.2. The highest BCUT2D eigenvalue weighted by Gasteiger charge is 2.37. The number of fused-ring (bicyclic) bond motifs is 1. The van der Waals surface area contributed by atoms with Crippen LogP contribution in [0.15, 0.2) is 72.8 Å². The SMILES string of the molecule is CC(=O)Nc1ccc(N2C(=O)c3ccc(C(=O)OCC(=O)NC(C)c4ccccc4)cc3C2=O)cc1. The maximum absolute atomic E-state index is 13.0. The molecule has 3 aromatic carbocycles. The third kappa shape index (κ3) is 5.15. The Labute approximate surface area is 207 Å². The Hall–Kier alpha value is -4.79. The van der Waals surface area contributed by atoms with Crippen LogP contribution >= 0.6 is 0 Å². The third-order valence-corrected chi connectivity index (χ3v) is 5.58. The van der Waals surface area contributed by atoms with Crippen molar-refractivity contribution in [1.29, 1.82) is 0 Å². The summed E-state index contributed by atoms with van der Waals surface area (Å²) in [5.74, 6) is -2.63. The predicted molar refractivity (Wildman–Crippen MR) is 132 cm³/mol. The van der Waals surface area contributed by atoms with E-state index in [0.29, 0.717) is 11.4 Å². The molecule has 182 valence electrons. The Bertz CT molecular complexity index is 1350. The average Bonchev–Trinajstić information content (AvgIpc) is 3.12. The highest BCUT2D eigenvalue weighted by molar-refractivity contribution is 6.34. The zero-order valence-electron chi connectivity index (χ0n) is 19.6. The summed E-state index contributed by atoms with van der Waals surface area (Å²) in [6.07, 6.45) is 0. The number of amides is 4. The molecule has 1 heterocycles. The van der Waals surface area contributed by atoms with Gasteiger partial charge in [0.2, 0.25) is 5.91 Å². The summed E-state index contributed by atoms with van der Waals surface area (Å²) in [6.45, 7) is 2.70. The van der Waals surface area contributed by atoms with Crippen molar-refractivity contribution in [2.45, 2.75) is 19.9 Å². The molecular formula is C27H23N3O6. The molecule has 0 radical (unpaired) electrons. The summed E-state index contributed by atoms with van der Waals surface area (Å²) in [5.41, 5.74) is 2.01. The molecule has 0 aromatic heterocycles. The van der Waals surface area contributed by atoms with Gasteiger partial charge in [0.1, 0.15) is 0 Å². The molecule has 0 bridgehead atoms. The first-order valence-corrected chi connectivity index (χ1v) is 11.2. The molecule has 9 heteroatoms. The van der Waals surface area contributed by atoms with Crippen LogP contribution < -0.4 is 15.5 Å². The first kappa shape index (κ1) is 24.3. The van der Waals surface area contributed by atoms with E-state index in [2.05, 4.69) is 10.6 Å². The standard InChI is InChI=1S/C27H23N3O6/c1-16(18-6-4-3-5-7-18)28-24(32)15-36-27(35)19-8-13-22-23(14-19)26(34)30(25(22)33)21-11-9-20(10-12-21)29-17(2)31/h3-14,16H,15H2,1-2H3,(H,28,32)(H,29,31). The Morgan fingerprint density at radius 3 is 2.22 bits per heavy atom. The number of nitrogens with one attached hydrogen (secondary N) is 2. The molecule has 1 unspecified atom stereocenters. The normalized spacial score (nSPS) is 13.1. The highest BCUT2D eigenvalue weighted by atomic mass is 16.5. The van der Waals surface area contributed by atoms with Crippen LogP contribution in [0.2, 0.25) is 0 Å². The van der Waals surface area contributed by atoms with E-state index in [1.54, 1.807) is 12.1 Å². The van der Waals surface area contributed by atoms with Gasteiger partial charge in [0.25, 0.3) is 17.7 Å². The van der Waals surface area contributed by atoms with Crippen molar-refractivity contribution in [2.24, 2.45) is 0 Å². The second-order valence-electron chi connectivity index (χ2n) is 8.21. The molecule has 1 aliphatic rings. The van der Waals surface area contributed by atoms with Gasteiger partial charge in [-0.25, -0.2) is 9.69 Å². The number of benzene rings is 3. The number of carbonyl (C=O) groups excluding carboxylic acids is 5. The van der Waals surface area contributed by atoms with Gasteiger partial charge < -0.3 is 15.4 Å². The number of ether oxygens (including phenoxy) is 1. The van der Waals surface area contributed by atoms with Crippen molar-refractivity contribution in [3.05, 3.63) is 95.1 Å². The molecule has 4 amide bonds. The van der Waals surface area contributed by atoms with Gasteiger partial charge in [0, 0.05) is 12.6 Å². The average molecular weight is 485 g/mol. The lowest BCUT2D eigenvalue weighted by Crippen LogP contribution is -2.31. The van der Waals surface area contributed by atoms with Crippen LogP contribution in [0.3, 0.4) is 0 Å². The molecule has 0 spiro atoms. The fourth-order valence-corrected chi connectivity index (χ4v) is 3.82. The van der Waals surface area contributed by atoms with Gasteiger partial charge in [0.15, 0.2) is 6.61 Å². The molecule has 0 saturated carbocycles. The van der Waals surface area contributed by atoms with Crippen molar-refractivity contribution in [2.75, 3.05) is 16.8 Å².